The second-order valence-corrected chi connectivity index (χ2v) is 6.97. The Morgan fingerprint density at radius 2 is 2.00 bits per heavy atom. The fourth-order valence-electron chi connectivity index (χ4n) is 2.98. The minimum atomic E-state index is 0.0780. The van der Waals surface area contributed by atoms with Gasteiger partial charge in [-0.1, -0.05) is 40.2 Å². The van der Waals surface area contributed by atoms with Crippen LogP contribution in [0.3, 0.4) is 0 Å². The topological polar surface area (TPSA) is 32.3 Å². The summed E-state index contributed by atoms with van der Waals surface area (Å²) in [5, 5.41) is 3.01. The highest BCUT2D eigenvalue weighted by atomic mass is 79.9. The van der Waals surface area contributed by atoms with E-state index in [0.717, 1.165) is 41.8 Å². The second kappa shape index (κ2) is 7.28. The first-order chi connectivity index (χ1) is 11.1. The van der Waals surface area contributed by atoms with Gasteiger partial charge in [0, 0.05) is 36.2 Å². The van der Waals surface area contributed by atoms with E-state index in [1.54, 1.807) is 0 Å². The highest BCUT2D eigenvalue weighted by molar-refractivity contribution is 9.10. The molecule has 23 heavy (non-hydrogen) atoms. The van der Waals surface area contributed by atoms with Crippen LogP contribution in [0.4, 0.5) is 5.69 Å². The lowest BCUT2D eigenvalue weighted by atomic mass is 10.00. The van der Waals surface area contributed by atoms with Crippen LogP contribution < -0.4 is 5.32 Å². The molecule has 2 aromatic carbocycles. The van der Waals surface area contributed by atoms with E-state index in [-0.39, 0.29) is 5.91 Å². The SMILES string of the molecule is Cc1cc(Br)ccc1NC(=O)CCN1CCc2ccccc2C1. The van der Waals surface area contributed by atoms with E-state index in [1.165, 1.54) is 11.1 Å². The number of hydrogen-bond donors (Lipinski definition) is 1. The normalized spacial score (nSPS) is 14.3. The first-order valence-electron chi connectivity index (χ1n) is 7.97. The summed E-state index contributed by atoms with van der Waals surface area (Å²) in [4.78, 5) is 14.5. The maximum absolute atomic E-state index is 12.2. The van der Waals surface area contributed by atoms with Gasteiger partial charge in [-0.05, 0) is 48.2 Å². The quantitative estimate of drug-likeness (QED) is 0.874. The smallest absolute Gasteiger partial charge is 0.225 e. The number of nitrogens with zero attached hydrogens (tertiary/aromatic N) is 1. The largest absolute Gasteiger partial charge is 0.326 e. The Morgan fingerprint density at radius 1 is 1.22 bits per heavy atom. The predicted octanol–water partition coefficient (Wildman–Crippen LogP) is 4.14. The number of amides is 1. The average molecular weight is 373 g/mol. The molecule has 0 bridgehead atoms. The number of benzene rings is 2. The summed E-state index contributed by atoms with van der Waals surface area (Å²) in [6.07, 6.45) is 1.60. The molecule has 3 rings (SSSR count). The van der Waals surface area contributed by atoms with Crippen molar-refractivity contribution in [1.29, 1.82) is 0 Å². The lowest BCUT2D eigenvalue weighted by molar-refractivity contribution is -0.116. The Labute approximate surface area is 145 Å². The highest BCUT2D eigenvalue weighted by Crippen LogP contribution is 2.21. The van der Waals surface area contributed by atoms with Gasteiger partial charge in [-0.2, -0.15) is 0 Å². The third-order valence-electron chi connectivity index (χ3n) is 4.33. The van der Waals surface area contributed by atoms with E-state index >= 15 is 0 Å². The Kier molecular flexibility index (Phi) is 5.13. The van der Waals surface area contributed by atoms with Gasteiger partial charge in [0.2, 0.25) is 5.91 Å². The molecule has 0 atom stereocenters. The summed E-state index contributed by atoms with van der Waals surface area (Å²) in [6, 6.07) is 14.5. The Balaban J connectivity index is 1.52. The van der Waals surface area contributed by atoms with Crippen LogP contribution in [-0.4, -0.2) is 23.9 Å². The van der Waals surface area contributed by atoms with Gasteiger partial charge in [-0.3, -0.25) is 9.69 Å². The molecule has 4 heteroatoms. The number of rotatable bonds is 4. The minimum Gasteiger partial charge on any atom is -0.326 e. The lowest BCUT2D eigenvalue weighted by Gasteiger charge is -2.28. The first kappa shape index (κ1) is 16.2. The molecular formula is C19H21BrN2O. The van der Waals surface area contributed by atoms with Crippen molar-refractivity contribution in [2.24, 2.45) is 0 Å². The molecule has 0 aromatic heterocycles. The molecule has 0 saturated carbocycles. The fraction of sp³-hybridized carbons (Fsp3) is 0.316. The van der Waals surface area contributed by atoms with Crippen LogP contribution in [0.15, 0.2) is 46.9 Å². The molecule has 0 radical (unpaired) electrons. The number of halogens is 1. The molecule has 3 nitrogen and oxygen atoms in total. The monoisotopic (exact) mass is 372 g/mol. The molecule has 1 amide bonds. The Morgan fingerprint density at radius 3 is 2.78 bits per heavy atom. The number of aryl methyl sites for hydroxylation is 1. The van der Waals surface area contributed by atoms with Crippen LogP contribution in [0.25, 0.3) is 0 Å². The number of nitrogens with one attached hydrogen (secondary N) is 1. The third-order valence-corrected chi connectivity index (χ3v) is 4.82. The summed E-state index contributed by atoms with van der Waals surface area (Å²) in [6.45, 7) is 4.78. The summed E-state index contributed by atoms with van der Waals surface area (Å²) in [5.41, 5.74) is 4.79. The van der Waals surface area contributed by atoms with Crippen molar-refractivity contribution in [3.8, 4) is 0 Å². The van der Waals surface area contributed by atoms with E-state index < -0.39 is 0 Å². The summed E-state index contributed by atoms with van der Waals surface area (Å²) in [5.74, 6) is 0.0780. The van der Waals surface area contributed by atoms with Gasteiger partial charge >= 0.3 is 0 Å². The van der Waals surface area contributed by atoms with Gasteiger partial charge in [-0.25, -0.2) is 0 Å². The Hall–Kier alpha value is -1.65. The average Bonchev–Trinajstić information content (AvgIpc) is 2.55. The van der Waals surface area contributed by atoms with Crippen LogP contribution in [0.2, 0.25) is 0 Å². The van der Waals surface area contributed by atoms with Gasteiger partial charge in [0.05, 0.1) is 0 Å². The van der Waals surface area contributed by atoms with Crippen molar-refractivity contribution in [3.05, 3.63) is 63.6 Å². The number of anilines is 1. The van der Waals surface area contributed by atoms with E-state index in [2.05, 4.69) is 50.4 Å². The zero-order valence-corrected chi connectivity index (χ0v) is 14.9. The molecule has 2 aromatic rings. The number of carbonyl (C=O) groups is 1. The zero-order valence-electron chi connectivity index (χ0n) is 13.3. The summed E-state index contributed by atoms with van der Waals surface area (Å²) in [7, 11) is 0. The molecule has 1 aliphatic heterocycles. The van der Waals surface area contributed by atoms with Crippen LogP contribution in [0.5, 0.6) is 0 Å². The van der Waals surface area contributed by atoms with Crippen molar-refractivity contribution in [2.45, 2.75) is 26.3 Å². The molecule has 0 saturated heterocycles. The molecule has 0 spiro atoms. The lowest BCUT2D eigenvalue weighted by Crippen LogP contribution is -2.33. The summed E-state index contributed by atoms with van der Waals surface area (Å²) < 4.78 is 1.03. The van der Waals surface area contributed by atoms with Gasteiger partial charge in [0.25, 0.3) is 0 Å². The summed E-state index contributed by atoms with van der Waals surface area (Å²) >= 11 is 3.44. The van der Waals surface area contributed by atoms with Gasteiger partial charge in [0.15, 0.2) is 0 Å². The van der Waals surface area contributed by atoms with Crippen molar-refractivity contribution in [3.63, 3.8) is 0 Å². The van der Waals surface area contributed by atoms with Gasteiger partial charge in [0.1, 0.15) is 0 Å². The number of fused-ring (bicyclic) bond motifs is 1. The van der Waals surface area contributed by atoms with E-state index in [4.69, 9.17) is 0 Å². The molecule has 1 N–H and O–H groups in total. The molecular weight excluding hydrogens is 352 g/mol. The second-order valence-electron chi connectivity index (χ2n) is 6.05. The molecule has 0 unspecified atom stereocenters. The van der Waals surface area contributed by atoms with E-state index in [1.807, 2.05) is 25.1 Å². The third kappa shape index (κ3) is 4.21. The van der Waals surface area contributed by atoms with Crippen molar-refractivity contribution in [1.82, 2.24) is 4.90 Å². The molecule has 0 aliphatic carbocycles. The van der Waals surface area contributed by atoms with Crippen LogP contribution in [0, 0.1) is 6.92 Å². The van der Waals surface area contributed by atoms with Crippen molar-refractivity contribution in [2.75, 3.05) is 18.4 Å². The molecule has 0 fully saturated rings. The molecule has 120 valence electrons. The standard InChI is InChI=1S/C19H21BrN2O/c1-14-12-17(20)6-7-18(14)21-19(23)9-11-22-10-8-15-4-2-3-5-16(15)13-22/h2-7,12H,8-11,13H2,1H3,(H,21,23). The predicted molar refractivity (Wildman–Crippen MR) is 97.5 cm³/mol. The van der Waals surface area contributed by atoms with Crippen LogP contribution in [0.1, 0.15) is 23.1 Å². The first-order valence-corrected chi connectivity index (χ1v) is 8.76. The Bertz CT molecular complexity index is 714. The highest BCUT2D eigenvalue weighted by Gasteiger charge is 2.16. The van der Waals surface area contributed by atoms with E-state index in [9.17, 15) is 4.79 Å². The number of hydrogen-bond acceptors (Lipinski definition) is 2. The molecule has 1 heterocycles. The van der Waals surface area contributed by atoms with Gasteiger partial charge < -0.3 is 5.32 Å². The maximum atomic E-state index is 12.2. The zero-order chi connectivity index (χ0) is 16.2. The minimum absolute atomic E-state index is 0.0780. The van der Waals surface area contributed by atoms with Crippen molar-refractivity contribution >= 4 is 27.5 Å². The fourth-order valence-corrected chi connectivity index (χ4v) is 3.46. The number of carbonyl (C=O) groups excluding carboxylic acids is 1. The van der Waals surface area contributed by atoms with Crippen LogP contribution >= 0.6 is 15.9 Å². The molecule has 1 aliphatic rings. The van der Waals surface area contributed by atoms with E-state index in [0.29, 0.717) is 6.42 Å². The van der Waals surface area contributed by atoms with Crippen LogP contribution in [-0.2, 0) is 17.8 Å². The maximum Gasteiger partial charge on any atom is 0.225 e. The van der Waals surface area contributed by atoms with Gasteiger partial charge in [-0.15, -0.1) is 0 Å². The van der Waals surface area contributed by atoms with Crippen molar-refractivity contribution < 1.29 is 4.79 Å².